The minimum atomic E-state index is -1.90. The second-order valence-electron chi connectivity index (χ2n) is 5.85. The third-order valence-corrected chi connectivity index (χ3v) is 4.73. The summed E-state index contributed by atoms with van der Waals surface area (Å²) < 4.78 is 13.6. The van der Waals surface area contributed by atoms with E-state index in [0.717, 1.165) is 0 Å². The molecule has 0 fully saturated rings. The molecule has 0 heterocycles. The summed E-state index contributed by atoms with van der Waals surface area (Å²) in [5.74, 6) is 0.999. The molecule has 1 unspecified atom stereocenters. The Labute approximate surface area is 194 Å². The number of hydrogen-bond acceptors (Lipinski definition) is 5. The highest BCUT2D eigenvalue weighted by Gasteiger charge is 2.35. The summed E-state index contributed by atoms with van der Waals surface area (Å²) in [6.07, 6.45) is -1.13. The van der Waals surface area contributed by atoms with Crippen molar-refractivity contribution >= 4 is 63.7 Å². The van der Waals surface area contributed by atoms with E-state index >= 15 is 0 Å². The lowest BCUT2D eigenvalue weighted by Gasteiger charge is -2.28. The molecule has 30 heavy (non-hydrogen) atoms. The van der Waals surface area contributed by atoms with Gasteiger partial charge >= 0.3 is 0 Å². The Morgan fingerprint density at radius 1 is 0.967 bits per heavy atom. The van der Waals surface area contributed by atoms with Crippen molar-refractivity contribution in [1.29, 1.82) is 0 Å². The zero-order valence-electron chi connectivity index (χ0n) is 16.3. The fourth-order valence-electron chi connectivity index (χ4n) is 2.39. The van der Waals surface area contributed by atoms with Crippen LogP contribution in [0.2, 0.25) is 0 Å². The number of carbonyl (C=O) groups excluding carboxylic acids is 1. The Balaban J connectivity index is 2.12. The van der Waals surface area contributed by atoms with Crippen LogP contribution in [0.1, 0.15) is 10.4 Å². The number of anilines is 1. The number of benzene rings is 2. The number of alkyl halides is 3. The van der Waals surface area contributed by atoms with Gasteiger partial charge in [-0.3, -0.25) is 4.79 Å². The molecule has 0 saturated heterocycles. The summed E-state index contributed by atoms with van der Waals surface area (Å²) in [6, 6.07) is 11.8. The van der Waals surface area contributed by atoms with Crippen molar-refractivity contribution in [3.63, 3.8) is 0 Å². The largest absolute Gasteiger partial charge is 0.497 e. The minimum Gasteiger partial charge on any atom is -0.497 e. The van der Waals surface area contributed by atoms with E-state index in [1.807, 2.05) is 0 Å². The van der Waals surface area contributed by atoms with Crippen molar-refractivity contribution in [3.05, 3.63) is 48.0 Å². The maximum atomic E-state index is 12.7. The molecule has 7 nitrogen and oxygen atoms in total. The van der Waals surface area contributed by atoms with Crippen LogP contribution in [0.25, 0.3) is 0 Å². The second-order valence-corrected chi connectivity index (χ2v) is 8.63. The molecule has 0 aliphatic carbocycles. The van der Waals surface area contributed by atoms with Gasteiger partial charge in [0.2, 0.25) is 3.79 Å². The first-order chi connectivity index (χ1) is 14.2. The molecule has 11 heteroatoms. The highest BCUT2D eigenvalue weighted by atomic mass is 35.6. The van der Waals surface area contributed by atoms with Crippen LogP contribution in [0.15, 0.2) is 42.5 Å². The van der Waals surface area contributed by atoms with E-state index in [0.29, 0.717) is 22.9 Å². The van der Waals surface area contributed by atoms with Gasteiger partial charge in [-0.25, -0.2) is 0 Å². The van der Waals surface area contributed by atoms with Crippen LogP contribution in [-0.2, 0) is 0 Å². The molecule has 2 rings (SSSR count). The van der Waals surface area contributed by atoms with Crippen molar-refractivity contribution in [2.75, 3.05) is 26.6 Å². The maximum absolute atomic E-state index is 12.7. The van der Waals surface area contributed by atoms with E-state index in [1.165, 1.54) is 20.3 Å². The molecule has 0 aromatic heterocycles. The smallest absolute Gasteiger partial charge is 0.253 e. The Bertz CT molecular complexity index is 909. The van der Waals surface area contributed by atoms with Gasteiger partial charge in [-0.05, 0) is 42.5 Å². The van der Waals surface area contributed by atoms with Crippen LogP contribution in [0.3, 0.4) is 0 Å². The Hall–Kier alpha value is -2.13. The number of hydrogen-bond donors (Lipinski definition) is 3. The summed E-state index contributed by atoms with van der Waals surface area (Å²) in [5.41, 5.74) is 0.932. The lowest BCUT2D eigenvalue weighted by molar-refractivity contribution is 0.0934. The van der Waals surface area contributed by atoms with Crippen molar-refractivity contribution in [3.8, 4) is 17.2 Å². The van der Waals surface area contributed by atoms with Gasteiger partial charge < -0.3 is 30.2 Å². The molecule has 0 spiro atoms. The van der Waals surface area contributed by atoms with Crippen LogP contribution < -0.4 is 30.2 Å². The molecule has 0 aliphatic heterocycles. The second kappa shape index (κ2) is 10.8. The number of methoxy groups -OCH3 is 3. The average Bonchev–Trinajstić information content (AvgIpc) is 2.72. The first-order valence-corrected chi connectivity index (χ1v) is 10.0. The van der Waals surface area contributed by atoms with Gasteiger partial charge in [0.05, 0.1) is 21.3 Å². The summed E-state index contributed by atoms with van der Waals surface area (Å²) in [7, 11) is 4.52. The van der Waals surface area contributed by atoms with Crippen molar-refractivity contribution in [1.82, 2.24) is 10.6 Å². The third kappa shape index (κ3) is 6.70. The monoisotopic (exact) mass is 491 g/mol. The van der Waals surface area contributed by atoms with Crippen molar-refractivity contribution < 1.29 is 19.0 Å². The lowest BCUT2D eigenvalue weighted by Crippen LogP contribution is -2.56. The van der Waals surface area contributed by atoms with Crippen LogP contribution >= 0.6 is 47.0 Å². The SMILES string of the molecule is COc1cccc(NC(=S)NC(NC(=O)c2ccc(OC)c(OC)c2)C(Cl)(Cl)Cl)c1. The maximum Gasteiger partial charge on any atom is 0.253 e. The molecule has 2 aromatic rings. The number of rotatable bonds is 7. The molecule has 162 valence electrons. The molecule has 0 aliphatic rings. The molecule has 1 atom stereocenters. The van der Waals surface area contributed by atoms with Crippen LogP contribution in [0.4, 0.5) is 5.69 Å². The van der Waals surface area contributed by atoms with Gasteiger partial charge in [0.25, 0.3) is 5.91 Å². The predicted molar refractivity (Wildman–Crippen MR) is 123 cm³/mol. The summed E-state index contributed by atoms with van der Waals surface area (Å²) in [6.45, 7) is 0. The Morgan fingerprint density at radius 3 is 2.27 bits per heavy atom. The van der Waals surface area contributed by atoms with E-state index in [1.54, 1.807) is 43.5 Å². The number of thiocarbonyl (C=S) groups is 1. The molecule has 3 N–H and O–H groups in total. The zero-order chi connectivity index (χ0) is 22.3. The molecule has 0 radical (unpaired) electrons. The van der Waals surface area contributed by atoms with Gasteiger partial charge in [0, 0.05) is 17.3 Å². The fourth-order valence-corrected chi connectivity index (χ4v) is 2.95. The van der Waals surface area contributed by atoms with E-state index in [4.69, 9.17) is 61.2 Å². The van der Waals surface area contributed by atoms with Crippen molar-refractivity contribution in [2.45, 2.75) is 9.96 Å². The number of carbonyl (C=O) groups is 1. The zero-order valence-corrected chi connectivity index (χ0v) is 19.4. The van der Waals surface area contributed by atoms with E-state index in [9.17, 15) is 4.79 Å². The third-order valence-electron chi connectivity index (χ3n) is 3.85. The Kier molecular flexibility index (Phi) is 8.66. The summed E-state index contributed by atoms with van der Waals surface area (Å²) >= 11 is 23.4. The molecular formula is C19H20Cl3N3O4S. The number of ether oxygens (including phenoxy) is 3. The number of halogens is 3. The summed E-state index contributed by atoms with van der Waals surface area (Å²) in [4.78, 5) is 12.7. The van der Waals surface area contributed by atoms with Crippen LogP contribution in [0.5, 0.6) is 17.2 Å². The molecule has 0 bridgehead atoms. The molecule has 0 saturated carbocycles. The quantitative estimate of drug-likeness (QED) is 0.305. The highest BCUT2D eigenvalue weighted by Crippen LogP contribution is 2.30. The first-order valence-electron chi connectivity index (χ1n) is 8.49. The minimum absolute atomic E-state index is 0.132. The van der Waals surface area contributed by atoms with E-state index in [2.05, 4.69) is 16.0 Å². The molecule has 1 amide bonds. The number of nitrogens with one attached hydrogen (secondary N) is 3. The van der Waals surface area contributed by atoms with Gasteiger partial charge in [-0.2, -0.15) is 0 Å². The standard InChI is InChI=1S/C19H20Cl3N3O4S/c1-27-13-6-4-5-12(10-13)23-18(30)25-17(19(20,21)22)24-16(26)11-7-8-14(28-2)15(9-11)29-3/h4-10,17H,1-3H3,(H,24,26)(H2,23,25,30). The highest BCUT2D eigenvalue weighted by molar-refractivity contribution is 7.80. The van der Waals surface area contributed by atoms with Gasteiger partial charge in [-0.1, -0.05) is 40.9 Å². The lowest BCUT2D eigenvalue weighted by atomic mass is 10.2. The van der Waals surface area contributed by atoms with Gasteiger partial charge in [0.15, 0.2) is 16.6 Å². The van der Waals surface area contributed by atoms with Crippen LogP contribution in [0, 0.1) is 0 Å². The fraction of sp³-hybridized carbons (Fsp3) is 0.263. The summed E-state index contributed by atoms with van der Waals surface area (Å²) in [5, 5.41) is 8.47. The Morgan fingerprint density at radius 2 is 1.67 bits per heavy atom. The number of amides is 1. The average molecular weight is 493 g/mol. The van der Waals surface area contributed by atoms with Gasteiger partial charge in [-0.15, -0.1) is 0 Å². The van der Waals surface area contributed by atoms with E-state index in [-0.39, 0.29) is 10.7 Å². The van der Waals surface area contributed by atoms with E-state index < -0.39 is 15.9 Å². The topological polar surface area (TPSA) is 80.9 Å². The first kappa shape index (κ1) is 24.1. The predicted octanol–water partition coefficient (Wildman–Crippen LogP) is 4.13. The van der Waals surface area contributed by atoms with Crippen molar-refractivity contribution in [2.24, 2.45) is 0 Å². The molecular weight excluding hydrogens is 473 g/mol. The molecule has 2 aromatic carbocycles. The van der Waals surface area contributed by atoms with Gasteiger partial charge in [0.1, 0.15) is 11.9 Å². The normalized spacial score (nSPS) is 11.8. The van der Waals surface area contributed by atoms with Crippen LogP contribution in [-0.4, -0.2) is 42.3 Å².